The van der Waals surface area contributed by atoms with Gasteiger partial charge < -0.3 is 10.0 Å². The molecule has 1 fully saturated rings. The van der Waals surface area contributed by atoms with Gasteiger partial charge in [-0.2, -0.15) is 0 Å². The van der Waals surface area contributed by atoms with Crippen LogP contribution in [0.5, 0.6) is 0 Å². The van der Waals surface area contributed by atoms with Crippen molar-refractivity contribution in [3.63, 3.8) is 0 Å². The molecule has 0 saturated carbocycles. The van der Waals surface area contributed by atoms with E-state index in [-0.39, 0.29) is 0 Å². The van der Waals surface area contributed by atoms with E-state index in [1.54, 1.807) is 0 Å². The number of likely N-dealkylation sites (tertiary alicyclic amines) is 1. The molecule has 0 spiro atoms. The summed E-state index contributed by atoms with van der Waals surface area (Å²) in [6.07, 6.45) is 1.98. The average Bonchev–Trinajstić information content (AvgIpc) is 1.60. The lowest BCUT2D eigenvalue weighted by molar-refractivity contribution is -0.00140. The summed E-state index contributed by atoms with van der Waals surface area (Å²) in [5, 5.41) is 9.46. The number of hydrogen-bond donors (Lipinski definition) is 1. The highest BCUT2D eigenvalue weighted by atomic mass is 16.3. The van der Waals surface area contributed by atoms with Crippen LogP contribution in [-0.2, 0) is 0 Å². The first-order valence-electron chi connectivity index (χ1n) is 3.38. The SMILES string of the molecule is [CH2-]N1CCCC(C)(O)C1. The number of piperidine rings is 1. The van der Waals surface area contributed by atoms with Crippen LogP contribution in [0.1, 0.15) is 19.8 Å². The first kappa shape index (κ1) is 7.03. The molecule has 1 saturated heterocycles. The van der Waals surface area contributed by atoms with Gasteiger partial charge in [-0.1, -0.05) is 0 Å². The predicted molar refractivity (Wildman–Crippen MR) is 36.8 cm³/mol. The highest BCUT2D eigenvalue weighted by Gasteiger charge is 2.23. The van der Waals surface area contributed by atoms with Crippen LogP contribution in [0.15, 0.2) is 0 Å². The predicted octanol–water partition coefficient (Wildman–Crippen LogP) is 0.625. The van der Waals surface area contributed by atoms with Crippen molar-refractivity contribution in [2.45, 2.75) is 25.4 Å². The van der Waals surface area contributed by atoms with Crippen molar-refractivity contribution >= 4 is 0 Å². The summed E-state index contributed by atoms with van der Waals surface area (Å²) in [6, 6.07) is 0. The van der Waals surface area contributed by atoms with Gasteiger partial charge in [0.1, 0.15) is 0 Å². The number of nitrogens with zero attached hydrogens (tertiary/aromatic N) is 1. The second-order valence-corrected chi connectivity index (χ2v) is 3.15. The Morgan fingerprint density at radius 2 is 2.33 bits per heavy atom. The Labute approximate surface area is 56.5 Å². The molecule has 0 aliphatic carbocycles. The van der Waals surface area contributed by atoms with E-state index in [0.29, 0.717) is 6.54 Å². The maximum atomic E-state index is 9.46. The third-order valence-electron chi connectivity index (χ3n) is 1.75. The summed E-state index contributed by atoms with van der Waals surface area (Å²) in [5.41, 5.74) is -0.486. The molecule has 1 rings (SSSR count). The second kappa shape index (κ2) is 2.27. The van der Waals surface area contributed by atoms with Gasteiger partial charge in [0, 0.05) is 0 Å². The lowest BCUT2D eigenvalue weighted by atomic mass is 9.96. The van der Waals surface area contributed by atoms with Crippen LogP contribution in [0.25, 0.3) is 0 Å². The molecule has 1 atom stereocenters. The van der Waals surface area contributed by atoms with E-state index in [9.17, 15) is 5.11 Å². The van der Waals surface area contributed by atoms with Crippen LogP contribution in [0, 0.1) is 7.05 Å². The molecule has 2 nitrogen and oxygen atoms in total. The van der Waals surface area contributed by atoms with Gasteiger partial charge in [-0.15, -0.1) is 0 Å². The van der Waals surface area contributed by atoms with E-state index < -0.39 is 5.60 Å². The van der Waals surface area contributed by atoms with Crippen LogP contribution in [-0.4, -0.2) is 28.7 Å². The van der Waals surface area contributed by atoms with Gasteiger partial charge in [-0.3, -0.25) is 7.05 Å². The first-order chi connectivity index (χ1) is 4.10. The molecule has 9 heavy (non-hydrogen) atoms. The van der Waals surface area contributed by atoms with Crippen molar-refractivity contribution in [1.82, 2.24) is 4.90 Å². The standard InChI is InChI=1S/C7H14NO/c1-7(9)4-3-5-8(2)6-7/h9H,2-6H2,1H3/q-1. The molecule has 0 radical (unpaired) electrons. The van der Waals surface area contributed by atoms with E-state index in [2.05, 4.69) is 7.05 Å². The Morgan fingerprint density at radius 1 is 1.67 bits per heavy atom. The molecule has 2 heteroatoms. The highest BCUT2D eigenvalue weighted by Crippen LogP contribution is 2.18. The minimum absolute atomic E-state index is 0.486. The molecule has 1 heterocycles. The Hall–Kier alpha value is -0.0800. The fraction of sp³-hybridized carbons (Fsp3) is 0.857. The van der Waals surface area contributed by atoms with Crippen molar-refractivity contribution < 1.29 is 5.11 Å². The van der Waals surface area contributed by atoms with Crippen LogP contribution >= 0.6 is 0 Å². The van der Waals surface area contributed by atoms with Gasteiger partial charge >= 0.3 is 0 Å². The summed E-state index contributed by atoms with van der Waals surface area (Å²) < 4.78 is 0. The van der Waals surface area contributed by atoms with Gasteiger partial charge in [0.15, 0.2) is 0 Å². The molecule has 0 aromatic carbocycles. The lowest BCUT2D eigenvalue weighted by Crippen LogP contribution is -2.43. The molecule has 1 aliphatic heterocycles. The smallest absolute Gasteiger partial charge is 0.0722 e. The van der Waals surface area contributed by atoms with E-state index in [0.717, 1.165) is 19.4 Å². The second-order valence-electron chi connectivity index (χ2n) is 3.15. The Bertz CT molecular complexity index is 101. The minimum Gasteiger partial charge on any atom is -0.457 e. The van der Waals surface area contributed by atoms with Crippen LogP contribution in [0.4, 0.5) is 0 Å². The highest BCUT2D eigenvalue weighted by molar-refractivity contribution is 4.82. The zero-order valence-electron chi connectivity index (χ0n) is 5.93. The molecule has 1 N–H and O–H groups in total. The first-order valence-corrected chi connectivity index (χ1v) is 3.38. The minimum atomic E-state index is -0.486. The average molecular weight is 128 g/mol. The Morgan fingerprint density at radius 3 is 2.67 bits per heavy atom. The summed E-state index contributed by atoms with van der Waals surface area (Å²) in [4.78, 5) is 1.92. The quantitative estimate of drug-likeness (QED) is 0.483. The van der Waals surface area contributed by atoms with Gasteiger partial charge in [0.25, 0.3) is 0 Å². The maximum absolute atomic E-state index is 9.46. The summed E-state index contributed by atoms with van der Waals surface area (Å²) in [6.45, 7) is 3.60. The monoisotopic (exact) mass is 128 g/mol. The summed E-state index contributed by atoms with van der Waals surface area (Å²) in [5.74, 6) is 0. The summed E-state index contributed by atoms with van der Waals surface area (Å²) in [7, 11) is 3.77. The fourth-order valence-electron chi connectivity index (χ4n) is 1.32. The van der Waals surface area contributed by atoms with Crippen molar-refractivity contribution in [1.29, 1.82) is 0 Å². The molecule has 0 aromatic rings. The van der Waals surface area contributed by atoms with Gasteiger partial charge in [-0.05, 0) is 32.9 Å². The number of aliphatic hydroxyl groups is 1. The molecule has 0 aromatic heterocycles. The third kappa shape index (κ3) is 1.95. The fourth-order valence-corrected chi connectivity index (χ4v) is 1.32. The molecule has 1 aliphatic rings. The maximum Gasteiger partial charge on any atom is 0.0722 e. The van der Waals surface area contributed by atoms with Crippen LogP contribution in [0.3, 0.4) is 0 Å². The normalized spacial score (nSPS) is 39.0. The lowest BCUT2D eigenvalue weighted by Gasteiger charge is -2.39. The van der Waals surface area contributed by atoms with Crippen LogP contribution < -0.4 is 0 Å². The van der Waals surface area contributed by atoms with Crippen molar-refractivity contribution in [3.05, 3.63) is 7.05 Å². The van der Waals surface area contributed by atoms with Gasteiger partial charge in [-0.25, -0.2) is 0 Å². The number of β-amino-alcohol motifs (C(OH)–C–C–N with tert-alkyl or cyclic N) is 1. The van der Waals surface area contributed by atoms with E-state index in [1.165, 1.54) is 0 Å². The van der Waals surface area contributed by atoms with E-state index in [1.807, 2.05) is 11.8 Å². The molecular weight excluding hydrogens is 114 g/mol. The summed E-state index contributed by atoms with van der Waals surface area (Å²) >= 11 is 0. The molecule has 0 amide bonds. The van der Waals surface area contributed by atoms with Crippen molar-refractivity contribution in [2.75, 3.05) is 13.1 Å². The van der Waals surface area contributed by atoms with E-state index in [4.69, 9.17) is 0 Å². The molecule has 54 valence electrons. The Balaban J connectivity index is 2.41. The van der Waals surface area contributed by atoms with Crippen molar-refractivity contribution in [2.24, 2.45) is 0 Å². The largest absolute Gasteiger partial charge is 0.457 e. The molecular formula is C7H14NO-. The zero-order valence-corrected chi connectivity index (χ0v) is 5.93. The topological polar surface area (TPSA) is 23.5 Å². The third-order valence-corrected chi connectivity index (χ3v) is 1.75. The van der Waals surface area contributed by atoms with Gasteiger partial charge in [0.05, 0.1) is 5.60 Å². The molecule has 0 bridgehead atoms. The number of rotatable bonds is 0. The number of hydrogen-bond acceptors (Lipinski definition) is 2. The van der Waals surface area contributed by atoms with Crippen molar-refractivity contribution in [3.8, 4) is 0 Å². The van der Waals surface area contributed by atoms with Gasteiger partial charge in [0.2, 0.25) is 0 Å². The molecule has 1 unspecified atom stereocenters. The van der Waals surface area contributed by atoms with E-state index >= 15 is 0 Å². The Kier molecular flexibility index (Phi) is 1.78. The van der Waals surface area contributed by atoms with Crippen LogP contribution in [0.2, 0.25) is 0 Å². The zero-order chi connectivity index (χ0) is 6.91.